The first-order valence-electron chi connectivity index (χ1n) is 8.58. The number of fused-ring (bicyclic) bond motifs is 2. The number of hydrogen-bond donors (Lipinski definition) is 2. The minimum Gasteiger partial charge on any atom is -0.508 e. The van der Waals surface area contributed by atoms with Crippen molar-refractivity contribution in [2.75, 3.05) is 19.5 Å². The summed E-state index contributed by atoms with van der Waals surface area (Å²) >= 11 is 0. The quantitative estimate of drug-likeness (QED) is 0.539. The van der Waals surface area contributed by atoms with Crippen LogP contribution in [0.2, 0.25) is 0 Å². The molecule has 3 aromatic carbocycles. The second-order valence-electron chi connectivity index (χ2n) is 6.22. The summed E-state index contributed by atoms with van der Waals surface area (Å²) < 4.78 is 10.8. The van der Waals surface area contributed by atoms with Crippen molar-refractivity contribution in [3.8, 4) is 23.3 Å². The summed E-state index contributed by atoms with van der Waals surface area (Å²) in [6.45, 7) is 0. The van der Waals surface area contributed by atoms with E-state index in [1.54, 1.807) is 38.5 Å². The minimum atomic E-state index is 0.202. The van der Waals surface area contributed by atoms with Crippen molar-refractivity contribution in [1.82, 2.24) is 4.98 Å². The molecule has 0 aliphatic rings. The van der Waals surface area contributed by atoms with Gasteiger partial charge in [0.1, 0.15) is 11.8 Å². The molecule has 28 heavy (non-hydrogen) atoms. The Bertz CT molecular complexity index is 1250. The molecule has 138 valence electrons. The molecule has 6 heteroatoms. The first kappa shape index (κ1) is 17.4. The molecule has 0 amide bonds. The first-order valence-corrected chi connectivity index (χ1v) is 8.58. The van der Waals surface area contributed by atoms with Crippen LogP contribution < -0.4 is 14.8 Å². The Balaban J connectivity index is 1.94. The van der Waals surface area contributed by atoms with Crippen molar-refractivity contribution in [1.29, 1.82) is 5.26 Å². The average molecular weight is 371 g/mol. The van der Waals surface area contributed by atoms with E-state index in [4.69, 9.17) is 9.47 Å². The number of methoxy groups -OCH3 is 2. The van der Waals surface area contributed by atoms with Gasteiger partial charge in [0.2, 0.25) is 0 Å². The summed E-state index contributed by atoms with van der Waals surface area (Å²) in [7, 11) is 3.13. The first-order chi connectivity index (χ1) is 13.6. The zero-order valence-electron chi connectivity index (χ0n) is 15.4. The summed E-state index contributed by atoms with van der Waals surface area (Å²) in [6.07, 6.45) is 1.54. The average Bonchev–Trinajstić information content (AvgIpc) is 2.72. The molecule has 1 aromatic heterocycles. The summed E-state index contributed by atoms with van der Waals surface area (Å²) in [6, 6.07) is 16.7. The zero-order valence-corrected chi connectivity index (χ0v) is 15.4. The van der Waals surface area contributed by atoms with E-state index in [-0.39, 0.29) is 5.75 Å². The summed E-state index contributed by atoms with van der Waals surface area (Å²) in [5, 5.41) is 25.3. The van der Waals surface area contributed by atoms with Crippen molar-refractivity contribution in [2.24, 2.45) is 0 Å². The Morgan fingerprint density at radius 2 is 1.79 bits per heavy atom. The van der Waals surface area contributed by atoms with Crippen LogP contribution in [0.3, 0.4) is 0 Å². The van der Waals surface area contributed by atoms with E-state index in [0.717, 1.165) is 21.8 Å². The van der Waals surface area contributed by atoms with Crippen molar-refractivity contribution in [3.63, 3.8) is 0 Å². The largest absolute Gasteiger partial charge is 0.508 e. The fraction of sp³-hybridized carbons (Fsp3) is 0.0909. The molecule has 4 rings (SSSR count). The third kappa shape index (κ3) is 2.89. The number of phenolic OH excluding ortho intramolecular Hbond substituents is 1. The Morgan fingerprint density at radius 1 is 1.00 bits per heavy atom. The number of benzene rings is 3. The molecule has 0 aliphatic heterocycles. The minimum absolute atomic E-state index is 0.202. The summed E-state index contributed by atoms with van der Waals surface area (Å²) in [5.74, 6) is 1.32. The maximum Gasteiger partial charge on any atom is 0.162 e. The van der Waals surface area contributed by atoms with Crippen molar-refractivity contribution in [3.05, 3.63) is 60.3 Å². The summed E-state index contributed by atoms with van der Waals surface area (Å²) in [5.41, 5.74) is 2.54. The molecule has 1 heterocycles. The molecule has 0 atom stereocenters. The molecule has 4 aromatic rings. The molecule has 0 aliphatic carbocycles. The van der Waals surface area contributed by atoms with Crippen LogP contribution in [0.1, 0.15) is 5.56 Å². The number of nitrogens with zero attached hydrogens (tertiary/aromatic N) is 2. The number of rotatable bonds is 4. The molecule has 0 bridgehead atoms. The molecule has 0 radical (unpaired) electrons. The lowest BCUT2D eigenvalue weighted by Crippen LogP contribution is -1.99. The van der Waals surface area contributed by atoms with Gasteiger partial charge < -0.3 is 19.9 Å². The monoisotopic (exact) mass is 371 g/mol. The molecule has 6 nitrogen and oxygen atoms in total. The van der Waals surface area contributed by atoms with Crippen molar-refractivity contribution < 1.29 is 14.6 Å². The van der Waals surface area contributed by atoms with Gasteiger partial charge in [0.05, 0.1) is 31.0 Å². The van der Waals surface area contributed by atoms with E-state index < -0.39 is 0 Å². The molecule has 0 unspecified atom stereocenters. The third-order valence-electron chi connectivity index (χ3n) is 4.62. The number of aromatic nitrogens is 1. The van der Waals surface area contributed by atoms with E-state index in [1.165, 1.54) is 6.20 Å². The van der Waals surface area contributed by atoms with Crippen molar-refractivity contribution in [2.45, 2.75) is 0 Å². The van der Waals surface area contributed by atoms with E-state index >= 15 is 0 Å². The highest BCUT2D eigenvalue weighted by Gasteiger charge is 2.15. The van der Waals surface area contributed by atoms with E-state index in [2.05, 4.69) is 16.4 Å². The normalized spacial score (nSPS) is 10.6. The van der Waals surface area contributed by atoms with E-state index in [1.807, 2.05) is 24.3 Å². The van der Waals surface area contributed by atoms with Gasteiger partial charge in [0.15, 0.2) is 11.5 Å². The fourth-order valence-electron chi connectivity index (χ4n) is 3.25. The van der Waals surface area contributed by atoms with Gasteiger partial charge in [-0.1, -0.05) is 12.1 Å². The number of phenols is 1. The number of nitriles is 1. The molecule has 0 saturated carbocycles. The number of nitrogens with one attached hydrogen (secondary N) is 1. The second-order valence-corrected chi connectivity index (χ2v) is 6.22. The fourth-order valence-corrected chi connectivity index (χ4v) is 3.25. The highest BCUT2D eigenvalue weighted by atomic mass is 16.5. The van der Waals surface area contributed by atoms with Crippen LogP contribution in [0, 0.1) is 11.3 Å². The number of pyridine rings is 1. The van der Waals surface area contributed by atoms with Crippen LogP contribution in [0.25, 0.3) is 21.7 Å². The van der Waals surface area contributed by atoms with Gasteiger partial charge in [-0.05, 0) is 35.7 Å². The maximum absolute atomic E-state index is 9.74. The lowest BCUT2D eigenvalue weighted by atomic mass is 10.1. The number of anilines is 2. The predicted molar refractivity (Wildman–Crippen MR) is 108 cm³/mol. The van der Waals surface area contributed by atoms with E-state index in [9.17, 15) is 10.4 Å². The highest BCUT2D eigenvalue weighted by Crippen LogP contribution is 2.38. The Kier molecular flexibility index (Phi) is 4.34. The van der Waals surface area contributed by atoms with Crippen LogP contribution in [-0.2, 0) is 0 Å². The van der Waals surface area contributed by atoms with Gasteiger partial charge in [-0.3, -0.25) is 4.98 Å². The van der Waals surface area contributed by atoms with Crippen LogP contribution in [0.15, 0.2) is 54.7 Å². The Morgan fingerprint density at radius 3 is 2.54 bits per heavy atom. The molecule has 0 saturated heterocycles. The standard InChI is InChI=1S/C22H17N3O3/c1-27-20-9-17-19(10-21(20)28-2)24-12-14(11-23)22(17)25-18-5-3-4-13-8-15(26)6-7-16(13)18/h3-10,12,26H,1-2H3,(H,24,25). The Hall–Kier alpha value is -3.98. The SMILES string of the molecule is COc1cc2ncc(C#N)c(Nc3cccc4cc(O)ccc34)c2cc1OC. The van der Waals surface area contributed by atoms with Crippen LogP contribution in [0.5, 0.6) is 17.2 Å². The van der Waals surface area contributed by atoms with Crippen LogP contribution >= 0.6 is 0 Å². The molecular weight excluding hydrogens is 354 g/mol. The van der Waals surface area contributed by atoms with Gasteiger partial charge in [0, 0.05) is 28.7 Å². The lowest BCUT2D eigenvalue weighted by Gasteiger charge is -2.15. The summed E-state index contributed by atoms with van der Waals surface area (Å²) in [4.78, 5) is 4.38. The molecular formula is C22H17N3O3. The smallest absolute Gasteiger partial charge is 0.162 e. The topological polar surface area (TPSA) is 87.4 Å². The number of hydrogen-bond acceptors (Lipinski definition) is 6. The van der Waals surface area contributed by atoms with Crippen molar-refractivity contribution >= 4 is 33.1 Å². The molecule has 0 fully saturated rings. The molecule has 0 spiro atoms. The van der Waals surface area contributed by atoms with Gasteiger partial charge >= 0.3 is 0 Å². The number of ether oxygens (including phenoxy) is 2. The third-order valence-corrected chi connectivity index (χ3v) is 4.62. The second kappa shape index (κ2) is 6.97. The zero-order chi connectivity index (χ0) is 19.7. The lowest BCUT2D eigenvalue weighted by molar-refractivity contribution is 0.356. The van der Waals surface area contributed by atoms with Gasteiger partial charge in [-0.15, -0.1) is 0 Å². The van der Waals surface area contributed by atoms with Gasteiger partial charge in [-0.2, -0.15) is 5.26 Å². The van der Waals surface area contributed by atoms with Crippen LogP contribution in [0.4, 0.5) is 11.4 Å². The predicted octanol–water partition coefficient (Wildman–Crippen LogP) is 4.73. The highest BCUT2D eigenvalue weighted by molar-refractivity contribution is 6.02. The van der Waals surface area contributed by atoms with Gasteiger partial charge in [0.25, 0.3) is 0 Å². The number of aromatic hydroxyl groups is 1. The van der Waals surface area contributed by atoms with E-state index in [0.29, 0.717) is 28.3 Å². The Labute approximate surface area is 161 Å². The maximum atomic E-state index is 9.74. The van der Waals surface area contributed by atoms with Crippen LogP contribution in [-0.4, -0.2) is 24.3 Å². The molecule has 2 N–H and O–H groups in total. The van der Waals surface area contributed by atoms with Gasteiger partial charge in [-0.25, -0.2) is 0 Å².